The van der Waals surface area contributed by atoms with Crippen LogP contribution in [0.15, 0.2) is 29.2 Å². The number of carbonyl (C=O) groups is 1. The SMILES string of the molecule is COC(=O)CS(=O)c1ccc([N+](=O)[O-])cc1. The number of benzene rings is 1. The molecule has 7 heteroatoms. The molecular formula is C9H9NO5S. The van der Waals surface area contributed by atoms with Crippen LogP contribution in [0.1, 0.15) is 0 Å². The van der Waals surface area contributed by atoms with Gasteiger partial charge in [0, 0.05) is 17.0 Å². The predicted molar refractivity (Wildman–Crippen MR) is 56.4 cm³/mol. The summed E-state index contributed by atoms with van der Waals surface area (Å²) in [5.74, 6) is -0.842. The lowest BCUT2D eigenvalue weighted by molar-refractivity contribution is -0.384. The number of carbonyl (C=O) groups excluding carboxylic acids is 1. The summed E-state index contributed by atoms with van der Waals surface area (Å²) in [4.78, 5) is 21.0. The first-order chi connectivity index (χ1) is 7.54. The Morgan fingerprint density at radius 1 is 1.44 bits per heavy atom. The smallest absolute Gasteiger partial charge is 0.318 e. The highest BCUT2D eigenvalue weighted by molar-refractivity contribution is 7.85. The summed E-state index contributed by atoms with van der Waals surface area (Å²) >= 11 is 0. The topological polar surface area (TPSA) is 86.5 Å². The maximum absolute atomic E-state index is 11.5. The van der Waals surface area contributed by atoms with Crippen molar-refractivity contribution in [2.24, 2.45) is 0 Å². The summed E-state index contributed by atoms with van der Waals surface area (Å²) in [6.07, 6.45) is 0. The molecule has 1 unspecified atom stereocenters. The monoisotopic (exact) mass is 243 g/mol. The van der Waals surface area contributed by atoms with Crippen molar-refractivity contribution in [3.63, 3.8) is 0 Å². The lowest BCUT2D eigenvalue weighted by atomic mass is 10.3. The molecule has 86 valence electrons. The molecule has 0 heterocycles. The molecule has 0 saturated carbocycles. The van der Waals surface area contributed by atoms with E-state index in [0.29, 0.717) is 4.90 Å². The van der Waals surface area contributed by atoms with Gasteiger partial charge in [-0.25, -0.2) is 0 Å². The highest BCUT2D eigenvalue weighted by Gasteiger charge is 2.12. The quantitative estimate of drug-likeness (QED) is 0.445. The Labute approximate surface area is 93.8 Å². The molecular weight excluding hydrogens is 234 g/mol. The molecule has 0 radical (unpaired) electrons. The summed E-state index contributed by atoms with van der Waals surface area (Å²) in [5.41, 5.74) is -0.0844. The van der Waals surface area contributed by atoms with Crippen molar-refractivity contribution in [2.45, 2.75) is 4.90 Å². The number of hydrogen-bond acceptors (Lipinski definition) is 5. The maximum Gasteiger partial charge on any atom is 0.318 e. The third-order valence-electron chi connectivity index (χ3n) is 1.79. The first-order valence-corrected chi connectivity index (χ1v) is 5.56. The summed E-state index contributed by atoms with van der Waals surface area (Å²) in [5, 5.41) is 10.4. The molecule has 0 bridgehead atoms. The Balaban J connectivity index is 2.78. The molecule has 0 N–H and O–H groups in total. The molecule has 0 amide bonds. The van der Waals surface area contributed by atoms with Crippen LogP contribution < -0.4 is 0 Å². The van der Waals surface area contributed by atoms with Crippen molar-refractivity contribution in [3.8, 4) is 0 Å². The average Bonchev–Trinajstić information content (AvgIpc) is 2.28. The zero-order chi connectivity index (χ0) is 12.1. The van der Waals surface area contributed by atoms with E-state index in [1.54, 1.807) is 0 Å². The van der Waals surface area contributed by atoms with Gasteiger partial charge in [-0.05, 0) is 12.1 Å². The Morgan fingerprint density at radius 3 is 2.44 bits per heavy atom. The molecule has 0 spiro atoms. The lowest BCUT2D eigenvalue weighted by Gasteiger charge is -2.00. The number of ether oxygens (including phenoxy) is 1. The third kappa shape index (κ3) is 3.13. The van der Waals surface area contributed by atoms with E-state index >= 15 is 0 Å². The highest BCUT2D eigenvalue weighted by atomic mass is 32.2. The highest BCUT2D eigenvalue weighted by Crippen LogP contribution is 2.14. The van der Waals surface area contributed by atoms with Gasteiger partial charge in [0.2, 0.25) is 0 Å². The van der Waals surface area contributed by atoms with Crippen LogP contribution in [0.4, 0.5) is 5.69 Å². The van der Waals surface area contributed by atoms with Crippen LogP contribution in [-0.4, -0.2) is 28.0 Å². The van der Waals surface area contributed by atoms with E-state index in [9.17, 15) is 19.1 Å². The molecule has 0 saturated heterocycles. The molecule has 1 aromatic carbocycles. The Bertz CT molecular complexity index is 428. The van der Waals surface area contributed by atoms with Gasteiger partial charge >= 0.3 is 5.97 Å². The van der Waals surface area contributed by atoms with Gasteiger partial charge in [0.1, 0.15) is 5.75 Å². The molecule has 6 nitrogen and oxygen atoms in total. The lowest BCUT2D eigenvalue weighted by Crippen LogP contribution is -2.12. The number of methoxy groups -OCH3 is 1. The van der Waals surface area contributed by atoms with Crippen molar-refractivity contribution >= 4 is 22.5 Å². The third-order valence-corrected chi connectivity index (χ3v) is 3.08. The van der Waals surface area contributed by atoms with Crippen molar-refractivity contribution in [1.29, 1.82) is 0 Å². The summed E-state index contributed by atoms with van der Waals surface area (Å²) in [7, 11) is -0.328. The maximum atomic E-state index is 11.5. The van der Waals surface area contributed by atoms with Crippen LogP contribution in [0.3, 0.4) is 0 Å². The Kier molecular flexibility index (Phi) is 4.12. The number of rotatable bonds is 4. The predicted octanol–water partition coefficient (Wildman–Crippen LogP) is 0.875. The fourth-order valence-corrected chi connectivity index (χ4v) is 1.91. The number of nitro benzene ring substituents is 1. The summed E-state index contributed by atoms with van der Waals surface area (Å²) in [6, 6.07) is 5.20. The zero-order valence-corrected chi connectivity index (χ0v) is 9.23. The zero-order valence-electron chi connectivity index (χ0n) is 8.41. The molecule has 16 heavy (non-hydrogen) atoms. The molecule has 0 aromatic heterocycles. The molecule has 0 fully saturated rings. The van der Waals surface area contributed by atoms with Gasteiger partial charge in [-0.15, -0.1) is 0 Å². The molecule has 0 aliphatic heterocycles. The van der Waals surface area contributed by atoms with Crippen molar-refractivity contribution in [1.82, 2.24) is 0 Å². The fraction of sp³-hybridized carbons (Fsp3) is 0.222. The van der Waals surface area contributed by atoms with Crippen molar-refractivity contribution in [2.75, 3.05) is 12.9 Å². The van der Waals surface area contributed by atoms with Gasteiger partial charge in [-0.3, -0.25) is 19.1 Å². The van der Waals surface area contributed by atoms with Crippen LogP contribution in [-0.2, 0) is 20.3 Å². The van der Waals surface area contributed by atoms with Gasteiger partial charge < -0.3 is 4.74 Å². The van der Waals surface area contributed by atoms with E-state index in [2.05, 4.69) is 4.74 Å². The van der Waals surface area contributed by atoms with Gasteiger partial charge in [0.25, 0.3) is 5.69 Å². The number of esters is 1. The molecule has 1 atom stereocenters. The van der Waals surface area contributed by atoms with E-state index in [1.165, 1.54) is 31.4 Å². The molecule has 0 aliphatic carbocycles. The van der Waals surface area contributed by atoms with Crippen LogP contribution in [0.2, 0.25) is 0 Å². The largest absolute Gasteiger partial charge is 0.468 e. The van der Waals surface area contributed by atoms with Gasteiger partial charge in [0.05, 0.1) is 22.8 Å². The standard InChI is InChI=1S/C9H9NO5S/c1-15-9(11)6-16(14)8-4-2-7(3-5-8)10(12)13/h2-5H,6H2,1H3. The minimum Gasteiger partial charge on any atom is -0.468 e. The Morgan fingerprint density at radius 2 is 2.00 bits per heavy atom. The Hall–Kier alpha value is -1.76. The molecule has 0 aliphatic rings. The summed E-state index contributed by atoms with van der Waals surface area (Å²) in [6.45, 7) is 0. The van der Waals surface area contributed by atoms with Crippen molar-refractivity contribution in [3.05, 3.63) is 34.4 Å². The second kappa shape index (κ2) is 5.36. The van der Waals surface area contributed by atoms with Crippen LogP contribution >= 0.6 is 0 Å². The number of nitrogens with zero attached hydrogens (tertiary/aromatic N) is 1. The summed E-state index contributed by atoms with van der Waals surface area (Å²) < 4.78 is 15.9. The fourth-order valence-electron chi connectivity index (χ4n) is 0.969. The minimum absolute atomic E-state index is 0.0844. The van der Waals surface area contributed by atoms with E-state index in [4.69, 9.17) is 0 Å². The second-order valence-corrected chi connectivity index (χ2v) is 4.27. The second-order valence-electron chi connectivity index (χ2n) is 2.82. The van der Waals surface area contributed by atoms with Crippen LogP contribution in [0.25, 0.3) is 0 Å². The van der Waals surface area contributed by atoms with Gasteiger partial charge in [-0.2, -0.15) is 0 Å². The van der Waals surface area contributed by atoms with Gasteiger partial charge in [-0.1, -0.05) is 0 Å². The van der Waals surface area contributed by atoms with Crippen LogP contribution in [0, 0.1) is 10.1 Å². The first-order valence-electron chi connectivity index (χ1n) is 4.24. The number of non-ortho nitro benzene ring substituents is 1. The number of hydrogen-bond donors (Lipinski definition) is 0. The average molecular weight is 243 g/mol. The molecule has 1 aromatic rings. The van der Waals surface area contributed by atoms with Crippen molar-refractivity contribution < 1.29 is 18.7 Å². The number of nitro groups is 1. The first kappa shape index (κ1) is 12.3. The van der Waals surface area contributed by atoms with E-state index in [1.807, 2.05) is 0 Å². The normalized spacial score (nSPS) is 11.8. The van der Waals surface area contributed by atoms with E-state index in [-0.39, 0.29) is 11.4 Å². The van der Waals surface area contributed by atoms with Gasteiger partial charge in [0.15, 0.2) is 0 Å². The van der Waals surface area contributed by atoms with Crippen LogP contribution in [0.5, 0.6) is 0 Å². The van der Waals surface area contributed by atoms with E-state index in [0.717, 1.165) is 0 Å². The minimum atomic E-state index is -1.53. The molecule has 1 rings (SSSR count). The van der Waals surface area contributed by atoms with E-state index < -0.39 is 21.7 Å².